The van der Waals surface area contributed by atoms with E-state index in [-0.39, 0.29) is 11.8 Å². The zero-order valence-corrected chi connectivity index (χ0v) is 14.8. The number of aromatic nitrogens is 1. The lowest BCUT2D eigenvalue weighted by Crippen LogP contribution is -2.29. The molecule has 0 saturated carbocycles. The number of nitrogens with one attached hydrogen (secondary N) is 2. The van der Waals surface area contributed by atoms with Crippen LogP contribution >= 0.6 is 0 Å². The normalized spacial score (nSPS) is 12.8. The fourth-order valence-electron chi connectivity index (χ4n) is 2.85. The second-order valence-electron chi connectivity index (χ2n) is 6.91. The Kier molecular flexibility index (Phi) is 5.69. The minimum atomic E-state index is 0.120. The molecule has 1 aromatic heterocycles. The van der Waals surface area contributed by atoms with Gasteiger partial charge in [-0.25, -0.2) is 0 Å². The zero-order valence-electron chi connectivity index (χ0n) is 14.8. The Hall–Kier alpha value is -1.97. The van der Waals surface area contributed by atoms with Gasteiger partial charge in [0, 0.05) is 30.1 Å². The number of carbonyl (C=O) groups is 1. The molecule has 126 valence electrons. The van der Waals surface area contributed by atoms with Crippen molar-refractivity contribution in [2.45, 2.75) is 40.0 Å². The van der Waals surface area contributed by atoms with Crippen LogP contribution < -0.4 is 10.1 Å². The van der Waals surface area contributed by atoms with E-state index in [2.05, 4.69) is 38.0 Å². The average Bonchev–Trinajstić information content (AvgIpc) is 2.92. The SMILES string of the molecule is COc1ccc2[nH]cc([C@H](CC(=O)NCC(C)C)C(C)C)c2c1. The van der Waals surface area contributed by atoms with E-state index >= 15 is 0 Å². The second-order valence-corrected chi connectivity index (χ2v) is 6.91. The van der Waals surface area contributed by atoms with E-state index in [9.17, 15) is 4.79 Å². The van der Waals surface area contributed by atoms with Crippen molar-refractivity contribution in [2.75, 3.05) is 13.7 Å². The summed E-state index contributed by atoms with van der Waals surface area (Å²) in [6.45, 7) is 9.27. The highest BCUT2D eigenvalue weighted by molar-refractivity contribution is 5.86. The third-order valence-corrected chi connectivity index (χ3v) is 4.24. The number of methoxy groups -OCH3 is 1. The number of rotatable bonds is 7. The summed E-state index contributed by atoms with van der Waals surface area (Å²) in [4.78, 5) is 15.6. The molecule has 0 spiro atoms. The Morgan fingerprint density at radius 2 is 2.00 bits per heavy atom. The third-order valence-electron chi connectivity index (χ3n) is 4.24. The molecule has 1 atom stereocenters. The molecule has 0 bridgehead atoms. The van der Waals surface area contributed by atoms with Crippen molar-refractivity contribution in [3.63, 3.8) is 0 Å². The number of hydrogen-bond acceptors (Lipinski definition) is 2. The van der Waals surface area contributed by atoms with E-state index in [0.717, 1.165) is 23.2 Å². The molecule has 4 nitrogen and oxygen atoms in total. The smallest absolute Gasteiger partial charge is 0.220 e. The Balaban J connectivity index is 2.25. The van der Waals surface area contributed by atoms with Crippen LogP contribution in [0.1, 0.15) is 45.6 Å². The van der Waals surface area contributed by atoms with Crippen molar-refractivity contribution < 1.29 is 9.53 Å². The number of hydrogen-bond donors (Lipinski definition) is 2. The maximum Gasteiger partial charge on any atom is 0.220 e. The summed E-state index contributed by atoms with van der Waals surface area (Å²) in [7, 11) is 1.67. The van der Waals surface area contributed by atoms with Crippen LogP contribution in [0.25, 0.3) is 10.9 Å². The van der Waals surface area contributed by atoms with Gasteiger partial charge in [0.05, 0.1) is 7.11 Å². The first-order chi connectivity index (χ1) is 10.9. The molecule has 0 aliphatic heterocycles. The summed E-state index contributed by atoms with van der Waals surface area (Å²) in [5.74, 6) is 1.99. The Morgan fingerprint density at radius 3 is 2.61 bits per heavy atom. The van der Waals surface area contributed by atoms with Crippen molar-refractivity contribution >= 4 is 16.8 Å². The minimum absolute atomic E-state index is 0.120. The van der Waals surface area contributed by atoms with Crippen LogP contribution in [0.15, 0.2) is 24.4 Å². The van der Waals surface area contributed by atoms with Crippen LogP contribution in [0.5, 0.6) is 5.75 Å². The summed E-state index contributed by atoms with van der Waals surface area (Å²) < 4.78 is 5.34. The summed E-state index contributed by atoms with van der Waals surface area (Å²) in [6.07, 6.45) is 2.54. The molecule has 0 fully saturated rings. The van der Waals surface area contributed by atoms with Crippen molar-refractivity contribution in [1.82, 2.24) is 10.3 Å². The van der Waals surface area contributed by atoms with Gasteiger partial charge >= 0.3 is 0 Å². The highest BCUT2D eigenvalue weighted by Crippen LogP contribution is 2.34. The Labute approximate surface area is 138 Å². The van der Waals surface area contributed by atoms with Crippen LogP contribution in [-0.2, 0) is 4.79 Å². The standard InChI is InChI=1S/C19H28N2O2/c1-12(2)10-21-19(22)9-15(13(3)4)17-11-20-18-7-6-14(23-5)8-16(17)18/h6-8,11-13,15,20H,9-10H2,1-5H3,(H,21,22)/t15-/m1/s1. The summed E-state index contributed by atoms with van der Waals surface area (Å²) >= 11 is 0. The van der Waals surface area contributed by atoms with Crippen LogP contribution in [0.3, 0.4) is 0 Å². The summed E-state index contributed by atoms with van der Waals surface area (Å²) in [5.41, 5.74) is 2.27. The molecule has 0 aliphatic carbocycles. The number of ether oxygens (including phenoxy) is 1. The average molecular weight is 316 g/mol. The van der Waals surface area contributed by atoms with Gasteiger partial charge in [0.25, 0.3) is 0 Å². The molecule has 2 rings (SSSR count). The lowest BCUT2D eigenvalue weighted by atomic mass is 9.85. The molecule has 0 unspecified atom stereocenters. The first kappa shape index (κ1) is 17.4. The van der Waals surface area contributed by atoms with Crippen molar-refractivity contribution in [2.24, 2.45) is 11.8 Å². The number of fused-ring (bicyclic) bond motifs is 1. The van der Waals surface area contributed by atoms with Gasteiger partial charge in [0.15, 0.2) is 0 Å². The zero-order chi connectivity index (χ0) is 17.0. The molecule has 0 radical (unpaired) electrons. The molecule has 2 aromatic rings. The number of benzene rings is 1. The van der Waals surface area contributed by atoms with Crippen molar-refractivity contribution in [3.05, 3.63) is 30.0 Å². The molecular formula is C19H28N2O2. The van der Waals surface area contributed by atoms with Crippen LogP contribution in [0, 0.1) is 11.8 Å². The number of H-pyrrole nitrogens is 1. The highest BCUT2D eigenvalue weighted by atomic mass is 16.5. The monoisotopic (exact) mass is 316 g/mol. The molecule has 1 aromatic carbocycles. The van der Waals surface area contributed by atoms with Crippen molar-refractivity contribution in [3.8, 4) is 5.75 Å². The largest absolute Gasteiger partial charge is 0.497 e. The fourth-order valence-corrected chi connectivity index (χ4v) is 2.85. The highest BCUT2D eigenvalue weighted by Gasteiger charge is 2.22. The van der Waals surface area contributed by atoms with E-state index in [1.165, 1.54) is 5.56 Å². The first-order valence-electron chi connectivity index (χ1n) is 8.34. The minimum Gasteiger partial charge on any atom is -0.497 e. The maximum atomic E-state index is 12.3. The summed E-state index contributed by atoms with van der Waals surface area (Å²) in [6, 6.07) is 6.01. The van der Waals surface area contributed by atoms with E-state index in [0.29, 0.717) is 18.3 Å². The quantitative estimate of drug-likeness (QED) is 0.808. The lowest BCUT2D eigenvalue weighted by Gasteiger charge is -2.20. The molecule has 0 saturated heterocycles. The number of amides is 1. The molecular weight excluding hydrogens is 288 g/mol. The van der Waals surface area contributed by atoms with Crippen LogP contribution in [-0.4, -0.2) is 24.5 Å². The van der Waals surface area contributed by atoms with Gasteiger partial charge in [-0.2, -0.15) is 0 Å². The molecule has 2 N–H and O–H groups in total. The second kappa shape index (κ2) is 7.53. The third kappa shape index (κ3) is 4.27. The molecule has 1 amide bonds. The molecule has 0 aliphatic rings. The van der Waals surface area contributed by atoms with Crippen LogP contribution in [0.2, 0.25) is 0 Å². The Bertz CT molecular complexity index is 658. The van der Waals surface area contributed by atoms with Gasteiger partial charge in [-0.15, -0.1) is 0 Å². The van der Waals surface area contributed by atoms with E-state index < -0.39 is 0 Å². The van der Waals surface area contributed by atoms with Gasteiger partial charge in [0.2, 0.25) is 5.91 Å². The van der Waals surface area contributed by atoms with Gasteiger partial charge < -0.3 is 15.0 Å². The topological polar surface area (TPSA) is 54.1 Å². The van der Waals surface area contributed by atoms with E-state index in [1.54, 1.807) is 7.11 Å². The van der Waals surface area contributed by atoms with Gasteiger partial charge in [-0.05, 0) is 41.5 Å². The van der Waals surface area contributed by atoms with Gasteiger partial charge in [0.1, 0.15) is 5.75 Å². The molecule has 23 heavy (non-hydrogen) atoms. The fraction of sp³-hybridized carbons (Fsp3) is 0.526. The van der Waals surface area contributed by atoms with E-state index in [1.807, 2.05) is 24.4 Å². The number of aromatic amines is 1. The summed E-state index contributed by atoms with van der Waals surface area (Å²) in [5, 5.41) is 4.16. The van der Waals surface area contributed by atoms with Gasteiger partial charge in [-0.1, -0.05) is 27.7 Å². The predicted molar refractivity (Wildman–Crippen MR) is 94.9 cm³/mol. The van der Waals surface area contributed by atoms with E-state index in [4.69, 9.17) is 4.74 Å². The molecule has 4 heteroatoms. The first-order valence-corrected chi connectivity index (χ1v) is 8.34. The number of carbonyl (C=O) groups excluding carboxylic acids is 1. The molecule has 1 heterocycles. The van der Waals surface area contributed by atoms with Crippen LogP contribution in [0.4, 0.5) is 0 Å². The van der Waals surface area contributed by atoms with Crippen molar-refractivity contribution in [1.29, 1.82) is 0 Å². The van der Waals surface area contributed by atoms with Gasteiger partial charge in [-0.3, -0.25) is 4.79 Å². The maximum absolute atomic E-state index is 12.3. The lowest BCUT2D eigenvalue weighted by molar-refractivity contribution is -0.121. The Morgan fingerprint density at radius 1 is 1.26 bits per heavy atom. The predicted octanol–water partition coefficient (Wildman–Crippen LogP) is 4.08.